The van der Waals surface area contributed by atoms with Gasteiger partial charge in [0.1, 0.15) is 5.82 Å². The van der Waals surface area contributed by atoms with Crippen molar-refractivity contribution in [2.45, 2.75) is 0 Å². The van der Waals surface area contributed by atoms with E-state index in [0.717, 1.165) is 0 Å². The molecule has 0 radical (unpaired) electrons. The van der Waals surface area contributed by atoms with E-state index in [1.54, 1.807) is 13.1 Å². The van der Waals surface area contributed by atoms with E-state index in [0.29, 0.717) is 15.8 Å². The highest BCUT2D eigenvalue weighted by molar-refractivity contribution is 9.12. The summed E-state index contributed by atoms with van der Waals surface area (Å²) >= 11 is 3.22. The average Bonchev–Trinajstić information content (AvgIpc) is 2.38. The molecule has 0 spiro atoms. The quantitative estimate of drug-likeness (QED) is 0.687. The van der Waals surface area contributed by atoms with Gasteiger partial charge in [0, 0.05) is 18.8 Å². The maximum atomic E-state index is 13.7. The largest absolute Gasteiger partial charge is 0.465 e. The first-order chi connectivity index (χ1) is 8.54. The molecular weight excluding hydrogens is 303 g/mol. The van der Waals surface area contributed by atoms with Crippen molar-refractivity contribution >= 4 is 27.6 Å². The van der Waals surface area contributed by atoms with Gasteiger partial charge in [0.05, 0.1) is 22.9 Å². The topological polar surface area (TPSA) is 64.7 Å². The Balaban J connectivity index is 3.23. The Hall–Kier alpha value is -1.69. The van der Waals surface area contributed by atoms with Crippen molar-refractivity contribution in [3.8, 4) is 0 Å². The Morgan fingerprint density at radius 2 is 2.22 bits per heavy atom. The van der Waals surface area contributed by atoms with Crippen LogP contribution in [-0.2, 0) is 4.74 Å². The molecule has 96 valence electrons. The number of ether oxygens (including phenoxy) is 1. The monoisotopic (exact) mass is 314 g/mol. The Morgan fingerprint density at radius 3 is 2.67 bits per heavy atom. The van der Waals surface area contributed by atoms with Gasteiger partial charge in [-0.2, -0.15) is 0 Å². The van der Waals surface area contributed by atoms with Gasteiger partial charge >= 0.3 is 5.97 Å². The third-order valence-electron chi connectivity index (χ3n) is 2.24. The SMILES string of the molecule is CN=C(C(Br)=CN)c1ccc(C(=O)OC)c(F)c1. The molecule has 0 aliphatic rings. The fourth-order valence-electron chi connectivity index (χ4n) is 1.39. The average molecular weight is 315 g/mol. The summed E-state index contributed by atoms with van der Waals surface area (Å²) in [6.45, 7) is 0. The van der Waals surface area contributed by atoms with E-state index in [2.05, 4.69) is 25.7 Å². The van der Waals surface area contributed by atoms with E-state index in [4.69, 9.17) is 5.73 Å². The van der Waals surface area contributed by atoms with Gasteiger partial charge in [-0.15, -0.1) is 0 Å². The highest BCUT2D eigenvalue weighted by Gasteiger charge is 2.15. The van der Waals surface area contributed by atoms with Gasteiger partial charge in [-0.05, 0) is 28.1 Å². The zero-order valence-electron chi connectivity index (χ0n) is 9.91. The summed E-state index contributed by atoms with van der Waals surface area (Å²) in [6.07, 6.45) is 1.31. The number of hydrogen-bond donors (Lipinski definition) is 1. The van der Waals surface area contributed by atoms with Crippen molar-refractivity contribution in [3.63, 3.8) is 0 Å². The van der Waals surface area contributed by atoms with Crippen LogP contribution in [0.3, 0.4) is 0 Å². The number of rotatable bonds is 3. The lowest BCUT2D eigenvalue weighted by molar-refractivity contribution is 0.0595. The number of esters is 1. The van der Waals surface area contributed by atoms with Crippen molar-refractivity contribution in [2.75, 3.05) is 14.2 Å². The Labute approximate surface area is 112 Å². The first-order valence-electron chi connectivity index (χ1n) is 4.98. The van der Waals surface area contributed by atoms with E-state index in [9.17, 15) is 9.18 Å². The molecule has 0 atom stereocenters. The molecule has 0 heterocycles. The summed E-state index contributed by atoms with van der Waals surface area (Å²) in [5, 5.41) is 0. The molecule has 0 fully saturated rings. The van der Waals surface area contributed by atoms with E-state index >= 15 is 0 Å². The molecule has 0 saturated heterocycles. The first kappa shape index (κ1) is 14.4. The molecule has 0 bridgehead atoms. The number of nitrogens with zero attached hydrogens (tertiary/aromatic N) is 1. The molecule has 1 rings (SSSR count). The van der Waals surface area contributed by atoms with E-state index < -0.39 is 11.8 Å². The van der Waals surface area contributed by atoms with Gasteiger partial charge in [-0.1, -0.05) is 6.07 Å². The predicted octanol–water partition coefficient (Wildman–Crippen LogP) is 2.23. The lowest BCUT2D eigenvalue weighted by Crippen LogP contribution is -2.08. The molecule has 2 N–H and O–H groups in total. The van der Waals surface area contributed by atoms with Crippen LogP contribution in [0.4, 0.5) is 4.39 Å². The van der Waals surface area contributed by atoms with Crippen LogP contribution in [0.2, 0.25) is 0 Å². The number of benzene rings is 1. The fraction of sp³-hybridized carbons (Fsp3) is 0.167. The minimum atomic E-state index is -0.720. The number of hydrogen-bond acceptors (Lipinski definition) is 4. The Bertz CT molecular complexity index is 527. The predicted molar refractivity (Wildman–Crippen MR) is 71.4 cm³/mol. The van der Waals surface area contributed by atoms with Crippen molar-refractivity contribution in [3.05, 3.63) is 45.8 Å². The van der Waals surface area contributed by atoms with Gasteiger partial charge in [0.2, 0.25) is 0 Å². The van der Waals surface area contributed by atoms with Crippen LogP contribution in [0.1, 0.15) is 15.9 Å². The highest BCUT2D eigenvalue weighted by Crippen LogP contribution is 2.18. The lowest BCUT2D eigenvalue weighted by atomic mass is 10.1. The zero-order chi connectivity index (χ0) is 13.7. The van der Waals surface area contributed by atoms with Crippen LogP contribution in [0.25, 0.3) is 0 Å². The summed E-state index contributed by atoms with van der Waals surface area (Å²) < 4.78 is 18.7. The molecule has 0 unspecified atom stereocenters. The van der Waals surface area contributed by atoms with Crippen molar-refractivity contribution in [2.24, 2.45) is 10.7 Å². The number of allylic oxidation sites excluding steroid dienone is 1. The van der Waals surface area contributed by atoms with Crippen LogP contribution < -0.4 is 5.73 Å². The molecule has 1 aromatic rings. The summed E-state index contributed by atoms with van der Waals surface area (Å²) in [5.41, 5.74) is 6.25. The molecule has 1 aromatic carbocycles. The summed E-state index contributed by atoms with van der Waals surface area (Å²) in [6, 6.07) is 4.13. The number of aliphatic imine (C=N–C) groups is 1. The van der Waals surface area contributed by atoms with Gasteiger partial charge in [0.25, 0.3) is 0 Å². The standard InChI is InChI=1S/C12H12BrFN2O2/c1-16-11(9(13)6-15)7-3-4-8(10(14)5-7)12(17)18-2/h3-6H,15H2,1-2H3. The van der Waals surface area contributed by atoms with E-state index in [1.807, 2.05) is 0 Å². The molecule has 0 amide bonds. The second kappa shape index (κ2) is 6.30. The number of methoxy groups -OCH3 is 1. The molecule has 18 heavy (non-hydrogen) atoms. The molecule has 6 heteroatoms. The number of carbonyl (C=O) groups is 1. The second-order valence-electron chi connectivity index (χ2n) is 3.27. The smallest absolute Gasteiger partial charge is 0.340 e. The third kappa shape index (κ3) is 2.95. The number of carbonyl (C=O) groups excluding carboxylic acids is 1. The maximum Gasteiger partial charge on any atom is 0.340 e. The van der Waals surface area contributed by atoms with Crippen LogP contribution in [0.15, 0.2) is 33.9 Å². The van der Waals surface area contributed by atoms with Crippen LogP contribution in [0, 0.1) is 5.82 Å². The third-order valence-corrected chi connectivity index (χ3v) is 2.88. The molecule has 0 aliphatic heterocycles. The van der Waals surface area contributed by atoms with Gasteiger partial charge in [-0.3, -0.25) is 4.99 Å². The summed E-state index contributed by atoms with van der Waals surface area (Å²) in [4.78, 5) is 15.2. The second-order valence-corrected chi connectivity index (χ2v) is 4.13. The Morgan fingerprint density at radius 1 is 1.56 bits per heavy atom. The van der Waals surface area contributed by atoms with Crippen LogP contribution in [0.5, 0.6) is 0 Å². The lowest BCUT2D eigenvalue weighted by Gasteiger charge is -2.07. The minimum Gasteiger partial charge on any atom is -0.465 e. The number of halogens is 2. The molecule has 0 aromatic heterocycles. The van der Waals surface area contributed by atoms with Crippen molar-refractivity contribution < 1.29 is 13.9 Å². The number of nitrogens with two attached hydrogens (primary N) is 1. The van der Waals surface area contributed by atoms with Gasteiger partial charge in [0.15, 0.2) is 0 Å². The molecule has 0 saturated carbocycles. The summed E-state index contributed by atoms with van der Waals surface area (Å²) in [7, 11) is 2.76. The van der Waals surface area contributed by atoms with Crippen molar-refractivity contribution in [1.29, 1.82) is 0 Å². The van der Waals surface area contributed by atoms with Crippen LogP contribution >= 0.6 is 15.9 Å². The van der Waals surface area contributed by atoms with Gasteiger partial charge in [-0.25, -0.2) is 9.18 Å². The Kier molecular flexibility index (Phi) is 5.03. The first-order valence-corrected chi connectivity index (χ1v) is 5.77. The maximum absolute atomic E-state index is 13.7. The summed E-state index contributed by atoms with van der Waals surface area (Å²) in [5.74, 6) is -1.39. The fourth-order valence-corrected chi connectivity index (χ4v) is 1.80. The van der Waals surface area contributed by atoms with Crippen molar-refractivity contribution in [1.82, 2.24) is 0 Å². The zero-order valence-corrected chi connectivity index (χ0v) is 11.5. The molecule has 0 aliphatic carbocycles. The van der Waals surface area contributed by atoms with E-state index in [1.165, 1.54) is 25.4 Å². The minimum absolute atomic E-state index is 0.121. The van der Waals surface area contributed by atoms with Gasteiger partial charge < -0.3 is 10.5 Å². The van der Waals surface area contributed by atoms with E-state index in [-0.39, 0.29) is 5.56 Å². The molecule has 4 nitrogen and oxygen atoms in total. The highest BCUT2D eigenvalue weighted by atomic mass is 79.9. The normalized spacial score (nSPS) is 12.4. The van der Waals surface area contributed by atoms with Crippen LogP contribution in [-0.4, -0.2) is 25.8 Å². The molecular formula is C12H12BrFN2O2.